The Morgan fingerprint density at radius 3 is 2.26 bits per heavy atom. The maximum Gasteiger partial charge on any atom is 0.416 e. The minimum Gasteiger partial charge on any atom is -0.295 e. The first kappa shape index (κ1) is 19.3. The summed E-state index contributed by atoms with van der Waals surface area (Å²) in [5, 5.41) is -0.181. The fourth-order valence-electron chi connectivity index (χ4n) is 2.64. The molecule has 1 heterocycles. The van der Waals surface area contributed by atoms with Crippen LogP contribution in [0.3, 0.4) is 0 Å². The summed E-state index contributed by atoms with van der Waals surface area (Å²) in [5.74, 6) is 0. The van der Waals surface area contributed by atoms with Crippen molar-refractivity contribution in [2.24, 2.45) is 14.1 Å². The van der Waals surface area contributed by atoms with E-state index in [0.29, 0.717) is 17.1 Å². The lowest BCUT2D eigenvalue weighted by Crippen LogP contribution is -2.19. The van der Waals surface area contributed by atoms with Crippen LogP contribution < -0.4 is 10.4 Å². The number of anilines is 1. The highest BCUT2D eigenvalue weighted by atomic mass is 35.5. The van der Waals surface area contributed by atoms with E-state index >= 15 is 0 Å². The van der Waals surface area contributed by atoms with E-state index in [4.69, 9.17) is 11.6 Å². The smallest absolute Gasteiger partial charge is 0.295 e. The SMILES string of the molecule is Cn1c(=O)n(C)c2cc(S(=O)(=O)Nc3cc(C(F)(F)F)ccc3Cl)ccc21. The summed E-state index contributed by atoms with van der Waals surface area (Å²) >= 11 is 5.84. The molecule has 0 aliphatic rings. The van der Waals surface area contributed by atoms with Crippen LogP contribution in [0.1, 0.15) is 5.56 Å². The summed E-state index contributed by atoms with van der Waals surface area (Å²) in [7, 11) is -1.21. The molecule has 0 amide bonds. The van der Waals surface area contributed by atoms with E-state index < -0.39 is 27.5 Å². The van der Waals surface area contributed by atoms with Gasteiger partial charge in [0.2, 0.25) is 0 Å². The number of aromatic nitrogens is 2. The molecular weight excluding hydrogens is 407 g/mol. The molecule has 2 aromatic carbocycles. The number of alkyl halides is 3. The van der Waals surface area contributed by atoms with E-state index in [1.807, 2.05) is 0 Å². The molecule has 0 atom stereocenters. The van der Waals surface area contributed by atoms with Gasteiger partial charge < -0.3 is 0 Å². The van der Waals surface area contributed by atoms with Crippen molar-refractivity contribution in [3.63, 3.8) is 0 Å². The lowest BCUT2D eigenvalue weighted by atomic mass is 10.2. The Balaban J connectivity index is 2.07. The Kier molecular flexibility index (Phi) is 4.51. The molecule has 1 aromatic heterocycles. The standard InChI is InChI=1S/C16H13ClF3N3O3S/c1-22-13-6-4-10(8-14(13)23(2)15(22)24)27(25,26)21-12-7-9(16(18,19)20)3-5-11(12)17/h3-8,21H,1-2H3. The fraction of sp³-hybridized carbons (Fsp3) is 0.188. The van der Waals surface area contributed by atoms with Gasteiger partial charge in [-0.1, -0.05) is 11.6 Å². The largest absolute Gasteiger partial charge is 0.416 e. The second-order valence-corrected chi connectivity index (χ2v) is 7.94. The zero-order chi connectivity index (χ0) is 20.1. The fourth-order valence-corrected chi connectivity index (χ4v) is 3.95. The topological polar surface area (TPSA) is 73.1 Å². The monoisotopic (exact) mass is 419 g/mol. The molecule has 144 valence electrons. The Morgan fingerprint density at radius 1 is 1.00 bits per heavy atom. The van der Waals surface area contributed by atoms with E-state index in [2.05, 4.69) is 4.72 Å². The number of rotatable bonds is 3. The normalized spacial score (nSPS) is 12.5. The predicted octanol–water partition coefficient (Wildman–Crippen LogP) is 3.35. The molecule has 11 heteroatoms. The first-order valence-corrected chi connectivity index (χ1v) is 9.33. The maximum atomic E-state index is 12.9. The van der Waals surface area contributed by atoms with Crippen LogP contribution >= 0.6 is 11.6 Å². The minimum atomic E-state index is -4.65. The number of fused-ring (bicyclic) bond motifs is 1. The van der Waals surface area contributed by atoms with Crippen LogP contribution in [0, 0.1) is 0 Å². The van der Waals surface area contributed by atoms with Gasteiger partial charge in [0.15, 0.2) is 0 Å². The van der Waals surface area contributed by atoms with Gasteiger partial charge in [0, 0.05) is 14.1 Å². The first-order valence-electron chi connectivity index (χ1n) is 7.47. The second kappa shape index (κ2) is 6.31. The van der Waals surface area contributed by atoms with E-state index in [1.54, 1.807) is 7.05 Å². The average molecular weight is 420 g/mol. The molecule has 0 radical (unpaired) electrons. The third-order valence-electron chi connectivity index (χ3n) is 4.09. The Hall–Kier alpha value is -2.46. The number of aryl methyl sites for hydroxylation is 2. The number of hydrogen-bond acceptors (Lipinski definition) is 3. The van der Waals surface area contributed by atoms with E-state index in [0.717, 1.165) is 12.1 Å². The molecule has 3 rings (SSSR count). The van der Waals surface area contributed by atoms with Crippen molar-refractivity contribution in [1.82, 2.24) is 9.13 Å². The van der Waals surface area contributed by atoms with E-state index in [1.165, 1.54) is 34.4 Å². The maximum absolute atomic E-state index is 12.9. The number of nitrogens with zero attached hydrogens (tertiary/aromatic N) is 2. The highest BCUT2D eigenvalue weighted by Crippen LogP contribution is 2.34. The Bertz CT molecular complexity index is 1210. The second-order valence-electron chi connectivity index (χ2n) is 5.85. The zero-order valence-corrected chi connectivity index (χ0v) is 15.6. The van der Waals surface area contributed by atoms with Gasteiger partial charge in [-0.05, 0) is 36.4 Å². The minimum absolute atomic E-state index is 0.181. The van der Waals surface area contributed by atoms with E-state index in [-0.39, 0.29) is 15.6 Å². The van der Waals surface area contributed by atoms with Gasteiger partial charge in [0.1, 0.15) is 0 Å². The lowest BCUT2D eigenvalue weighted by molar-refractivity contribution is -0.137. The third-order valence-corrected chi connectivity index (χ3v) is 5.78. The van der Waals surface area contributed by atoms with Crippen LogP contribution in [0.25, 0.3) is 11.0 Å². The van der Waals surface area contributed by atoms with Gasteiger partial charge in [-0.3, -0.25) is 13.9 Å². The third kappa shape index (κ3) is 3.42. The summed E-state index contributed by atoms with van der Waals surface area (Å²) in [5.41, 5.74) is -0.897. The summed E-state index contributed by atoms with van der Waals surface area (Å²) in [4.78, 5) is 11.7. The molecule has 0 fully saturated rings. The molecule has 1 N–H and O–H groups in total. The molecular formula is C16H13ClF3N3O3S. The van der Waals surface area contributed by atoms with Crippen molar-refractivity contribution >= 4 is 38.3 Å². The number of hydrogen-bond donors (Lipinski definition) is 1. The molecule has 0 unspecified atom stereocenters. The number of benzene rings is 2. The van der Waals surface area contributed by atoms with E-state index in [9.17, 15) is 26.4 Å². The molecule has 0 aliphatic carbocycles. The molecule has 3 aromatic rings. The molecule has 27 heavy (non-hydrogen) atoms. The van der Waals surface area contributed by atoms with Crippen LogP contribution in [-0.4, -0.2) is 17.6 Å². The van der Waals surface area contributed by atoms with Crippen molar-refractivity contribution in [2.75, 3.05) is 4.72 Å². The summed E-state index contributed by atoms with van der Waals surface area (Å²) < 4.78 is 68.5. The summed E-state index contributed by atoms with van der Waals surface area (Å²) in [6.07, 6.45) is -4.65. The number of sulfonamides is 1. The van der Waals surface area contributed by atoms with Gasteiger partial charge >= 0.3 is 11.9 Å². The number of nitrogens with one attached hydrogen (secondary N) is 1. The quantitative estimate of drug-likeness (QED) is 0.707. The molecule has 0 saturated carbocycles. The van der Waals surface area contributed by atoms with Gasteiger partial charge in [-0.15, -0.1) is 0 Å². The van der Waals surface area contributed by atoms with Crippen molar-refractivity contribution in [1.29, 1.82) is 0 Å². The zero-order valence-electron chi connectivity index (χ0n) is 14.0. The van der Waals surface area contributed by atoms with Crippen LogP contribution in [0.2, 0.25) is 5.02 Å². The average Bonchev–Trinajstić information content (AvgIpc) is 2.80. The van der Waals surface area contributed by atoms with Crippen LogP contribution in [0.5, 0.6) is 0 Å². The Morgan fingerprint density at radius 2 is 1.63 bits per heavy atom. The van der Waals surface area contributed by atoms with Crippen LogP contribution in [0.4, 0.5) is 18.9 Å². The molecule has 0 spiro atoms. The highest BCUT2D eigenvalue weighted by molar-refractivity contribution is 7.92. The predicted molar refractivity (Wildman–Crippen MR) is 95.4 cm³/mol. The number of halogens is 4. The van der Waals surface area contributed by atoms with Crippen molar-refractivity contribution in [3.8, 4) is 0 Å². The van der Waals surface area contributed by atoms with Crippen molar-refractivity contribution in [2.45, 2.75) is 11.1 Å². The van der Waals surface area contributed by atoms with Gasteiger partial charge in [0.05, 0.1) is 32.2 Å². The van der Waals surface area contributed by atoms with Gasteiger partial charge in [-0.2, -0.15) is 13.2 Å². The molecule has 6 nitrogen and oxygen atoms in total. The molecule has 0 saturated heterocycles. The molecule has 0 aliphatic heterocycles. The van der Waals surface area contributed by atoms with Crippen molar-refractivity contribution < 1.29 is 21.6 Å². The van der Waals surface area contributed by atoms with Gasteiger partial charge in [-0.25, -0.2) is 13.2 Å². The van der Waals surface area contributed by atoms with Gasteiger partial charge in [0.25, 0.3) is 10.0 Å². The molecule has 0 bridgehead atoms. The first-order chi connectivity index (χ1) is 12.4. The van der Waals surface area contributed by atoms with Crippen LogP contribution in [0.15, 0.2) is 46.1 Å². The van der Waals surface area contributed by atoms with Crippen LogP contribution in [-0.2, 0) is 30.3 Å². The highest BCUT2D eigenvalue weighted by Gasteiger charge is 2.31. The Labute approximate surface area is 156 Å². The summed E-state index contributed by atoms with van der Waals surface area (Å²) in [6, 6.07) is 6.31. The lowest BCUT2D eigenvalue weighted by Gasteiger charge is -2.13. The number of imidazole rings is 1. The van der Waals surface area contributed by atoms with Crippen molar-refractivity contribution in [3.05, 3.63) is 57.5 Å². The summed E-state index contributed by atoms with van der Waals surface area (Å²) in [6.45, 7) is 0.